The average Bonchev–Trinajstić information content (AvgIpc) is 3.05. The lowest BCUT2D eigenvalue weighted by Gasteiger charge is -2.44. The van der Waals surface area contributed by atoms with E-state index >= 15 is 0 Å². The molecule has 114 valence electrons. The van der Waals surface area contributed by atoms with Crippen LogP contribution >= 0.6 is 11.8 Å². The Morgan fingerprint density at radius 2 is 1.85 bits per heavy atom. The number of rotatable bonds is 3. The van der Waals surface area contributed by atoms with E-state index in [-0.39, 0.29) is 10.1 Å². The number of likely N-dealkylation sites (tertiary alicyclic amines) is 2. The number of hydrogen-bond acceptors (Lipinski definition) is 4. The van der Waals surface area contributed by atoms with Crippen molar-refractivity contribution in [1.82, 2.24) is 14.7 Å². The SMILES string of the molecule is CCC1SC2(CCN(C)CC2)N(CN2CCCC2)C1=O. The highest BCUT2D eigenvalue weighted by molar-refractivity contribution is 8.02. The van der Waals surface area contributed by atoms with E-state index in [1.807, 2.05) is 11.8 Å². The largest absolute Gasteiger partial charge is 0.314 e. The first-order valence-electron chi connectivity index (χ1n) is 8.05. The number of carbonyl (C=O) groups excluding carboxylic acids is 1. The Hall–Kier alpha value is -0.260. The molecule has 1 atom stereocenters. The molecule has 3 heterocycles. The minimum atomic E-state index is 0.0901. The normalized spacial score (nSPS) is 31.6. The van der Waals surface area contributed by atoms with Gasteiger partial charge in [-0.05, 0) is 52.2 Å². The summed E-state index contributed by atoms with van der Waals surface area (Å²) in [4.78, 5) is 19.9. The van der Waals surface area contributed by atoms with Crippen LogP contribution in [-0.4, -0.2) is 70.6 Å². The van der Waals surface area contributed by atoms with Gasteiger partial charge in [0.25, 0.3) is 0 Å². The second-order valence-corrected chi connectivity index (χ2v) is 8.06. The van der Waals surface area contributed by atoms with Gasteiger partial charge in [-0.25, -0.2) is 0 Å². The summed E-state index contributed by atoms with van der Waals surface area (Å²) in [5.74, 6) is 0.397. The minimum Gasteiger partial charge on any atom is -0.314 e. The minimum absolute atomic E-state index is 0.0901. The first kappa shape index (κ1) is 14.7. The summed E-state index contributed by atoms with van der Waals surface area (Å²) in [5.41, 5.74) is 0. The third-order valence-electron chi connectivity index (χ3n) is 5.07. The summed E-state index contributed by atoms with van der Waals surface area (Å²) < 4.78 is 0. The van der Waals surface area contributed by atoms with Crippen molar-refractivity contribution in [2.24, 2.45) is 0 Å². The fourth-order valence-corrected chi connectivity index (χ4v) is 5.31. The van der Waals surface area contributed by atoms with Crippen LogP contribution in [0.5, 0.6) is 0 Å². The summed E-state index contributed by atoms with van der Waals surface area (Å²) in [6, 6.07) is 0. The number of carbonyl (C=O) groups is 1. The summed E-state index contributed by atoms with van der Waals surface area (Å²) in [5, 5.41) is 0.195. The molecule has 5 heteroatoms. The van der Waals surface area contributed by atoms with E-state index in [0.29, 0.717) is 5.91 Å². The summed E-state index contributed by atoms with van der Waals surface area (Å²) in [6.45, 7) is 7.59. The van der Waals surface area contributed by atoms with Gasteiger partial charge in [0.05, 0.1) is 16.8 Å². The molecule has 3 fully saturated rings. The van der Waals surface area contributed by atoms with E-state index < -0.39 is 0 Å². The molecule has 0 aromatic heterocycles. The topological polar surface area (TPSA) is 26.8 Å². The van der Waals surface area contributed by atoms with Crippen LogP contribution in [-0.2, 0) is 4.79 Å². The fraction of sp³-hybridized carbons (Fsp3) is 0.933. The van der Waals surface area contributed by atoms with Crippen molar-refractivity contribution in [3.63, 3.8) is 0 Å². The van der Waals surface area contributed by atoms with Gasteiger partial charge in [0.15, 0.2) is 0 Å². The van der Waals surface area contributed by atoms with Gasteiger partial charge in [-0.3, -0.25) is 9.69 Å². The van der Waals surface area contributed by atoms with Crippen molar-refractivity contribution in [3.05, 3.63) is 0 Å². The smallest absolute Gasteiger partial charge is 0.237 e. The molecule has 4 nitrogen and oxygen atoms in total. The van der Waals surface area contributed by atoms with Crippen molar-refractivity contribution >= 4 is 17.7 Å². The molecule has 3 aliphatic rings. The zero-order chi connectivity index (χ0) is 14.2. The van der Waals surface area contributed by atoms with E-state index in [9.17, 15) is 4.79 Å². The molecule has 0 radical (unpaired) electrons. The monoisotopic (exact) mass is 297 g/mol. The highest BCUT2D eigenvalue weighted by Crippen LogP contribution is 2.48. The maximum absolute atomic E-state index is 12.7. The van der Waals surface area contributed by atoms with Crippen LogP contribution in [0.3, 0.4) is 0 Å². The number of piperidine rings is 1. The van der Waals surface area contributed by atoms with Gasteiger partial charge in [0.2, 0.25) is 5.91 Å². The predicted molar refractivity (Wildman–Crippen MR) is 83.7 cm³/mol. The van der Waals surface area contributed by atoms with Crippen LogP contribution in [0, 0.1) is 0 Å². The van der Waals surface area contributed by atoms with Gasteiger partial charge in [-0.2, -0.15) is 0 Å². The third-order valence-corrected chi connectivity index (χ3v) is 6.96. The summed E-state index contributed by atoms with van der Waals surface area (Å²) in [7, 11) is 2.19. The first-order valence-corrected chi connectivity index (χ1v) is 8.93. The van der Waals surface area contributed by atoms with Crippen molar-refractivity contribution < 1.29 is 4.79 Å². The number of nitrogens with zero attached hydrogens (tertiary/aromatic N) is 3. The van der Waals surface area contributed by atoms with E-state index in [1.165, 1.54) is 25.9 Å². The summed E-state index contributed by atoms with van der Waals surface area (Å²) >= 11 is 1.96. The lowest BCUT2D eigenvalue weighted by atomic mass is 10.0. The zero-order valence-electron chi connectivity index (χ0n) is 12.8. The van der Waals surface area contributed by atoms with Crippen molar-refractivity contribution in [2.75, 3.05) is 39.9 Å². The number of amides is 1. The van der Waals surface area contributed by atoms with Gasteiger partial charge in [0.1, 0.15) is 0 Å². The molecular formula is C15H27N3OS. The van der Waals surface area contributed by atoms with Crippen molar-refractivity contribution in [2.45, 2.75) is 49.1 Å². The second-order valence-electron chi connectivity index (χ2n) is 6.50. The van der Waals surface area contributed by atoms with Gasteiger partial charge >= 0.3 is 0 Å². The molecule has 0 saturated carbocycles. The standard InChI is InChI=1S/C15H27N3OS/c1-3-13-14(19)18(12-17-8-4-5-9-17)15(20-13)6-10-16(2)11-7-15/h13H,3-12H2,1-2H3. The third kappa shape index (κ3) is 2.60. The molecule has 1 amide bonds. The molecule has 0 aromatic rings. The maximum Gasteiger partial charge on any atom is 0.237 e. The molecule has 1 unspecified atom stereocenters. The van der Waals surface area contributed by atoms with Crippen LogP contribution in [0.25, 0.3) is 0 Å². The lowest BCUT2D eigenvalue weighted by Crippen LogP contribution is -2.54. The van der Waals surface area contributed by atoms with Gasteiger partial charge < -0.3 is 9.80 Å². The van der Waals surface area contributed by atoms with Crippen LogP contribution in [0.15, 0.2) is 0 Å². The van der Waals surface area contributed by atoms with E-state index in [0.717, 1.165) is 39.0 Å². The quantitative estimate of drug-likeness (QED) is 0.794. The number of thioether (sulfide) groups is 1. The molecule has 0 bridgehead atoms. The highest BCUT2D eigenvalue weighted by atomic mass is 32.2. The summed E-state index contributed by atoms with van der Waals surface area (Å²) in [6.07, 6.45) is 5.82. The fourth-order valence-electron chi connectivity index (χ4n) is 3.69. The number of hydrogen-bond donors (Lipinski definition) is 0. The molecule has 3 rings (SSSR count). The van der Waals surface area contributed by atoms with Crippen LogP contribution < -0.4 is 0 Å². The Morgan fingerprint density at radius 3 is 2.45 bits per heavy atom. The van der Waals surface area contributed by atoms with Crippen molar-refractivity contribution in [3.8, 4) is 0 Å². The van der Waals surface area contributed by atoms with Crippen LogP contribution in [0.2, 0.25) is 0 Å². The second kappa shape index (κ2) is 5.85. The predicted octanol–water partition coefficient (Wildman–Crippen LogP) is 1.82. The van der Waals surface area contributed by atoms with Gasteiger partial charge in [0, 0.05) is 13.1 Å². The first-order chi connectivity index (χ1) is 9.64. The van der Waals surface area contributed by atoms with E-state index in [4.69, 9.17) is 0 Å². The lowest BCUT2D eigenvalue weighted by molar-refractivity contribution is -0.135. The molecule has 1 spiro atoms. The van der Waals surface area contributed by atoms with E-state index in [2.05, 4.69) is 28.7 Å². The highest BCUT2D eigenvalue weighted by Gasteiger charge is 2.52. The molecule has 3 saturated heterocycles. The molecule has 0 aliphatic carbocycles. The molecule has 0 N–H and O–H groups in total. The van der Waals surface area contributed by atoms with E-state index in [1.54, 1.807) is 0 Å². The molecule has 0 aromatic carbocycles. The zero-order valence-corrected chi connectivity index (χ0v) is 13.6. The Kier molecular flexibility index (Phi) is 4.29. The van der Waals surface area contributed by atoms with Gasteiger partial charge in [-0.1, -0.05) is 6.92 Å². The van der Waals surface area contributed by atoms with Crippen LogP contribution in [0.4, 0.5) is 0 Å². The Morgan fingerprint density at radius 1 is 1.20 bits per heavy atom. The molecular weight excluding hydrogens is 270 g/mol. The Balaban J connectivity index is 1.76. The van der Waals surface area contributed by atoms with Gasteiger partial charge in [-0.15, -0.1) is 11.8 Å². The maximum atomic E-state index is 12.7. The molecule has 20 heavy (non-hydrogen) atoms. The van der Waals surface area contributed by atoms with Crippen LogP contribution in [0.1, 0.15) is 39.0 Å². The Labute approximate surface area is 126 Å². The van der Waals surface area contributed by atoms with Crippen molar-refractivity contribution in [1.29, 1.82) is 0 Å². The average molecular weight is 297 g/mol. The molecule has 3 aliphatic heterocycles. The Bertz CT molecular complexity index is 362.